The Balaban J connectivity index is 1.67. The summed E-state index contributed by atoms with van der Waals surface area (Å²) in [6.45, 7) is 2.11. The van der Waals surface area contributed by atoms with E-state index in [0.717, 1.165) is 30.0 Å². The predicted molar refractivity (Wildman–Crippen MR) is 87.2 cm³/mol. The minimum Gasteiger partial charge on any atom is -0.466 e. The fourth-order valence-electron chi connectivity index (χ4n) is 2.05. The van der Waals surface area contributed by atoms with E-state index in [1.165, 1.54) is 6.92 Å². The maximum Gasteiger partial charge on any atom is 0.412 e. The van der Waals surface area contributed by atoms with Crippen LogP contribution in [0, 0.1) is 0 Å². The third-order valence-electron chi connectivity index (χ3n) is 3.19. The van der Waals surface area contributed by atoms with Gasteiger partial charge in [-0.2, -0.15) is 0 Å². The number of unbranched alkanes of at least 4 members (excludes halogenated alkanes) is 2. The first-order chi connectivity index (χ1) is 11.1. The first kappa shape index (κ1) is 16.7. The van der Waals surface area contributed by atoms with Gasteiger partial charge in [0, 0.05) is 18.5 Å². The van der Waals surface area contributed by atoms with E-state index in [2.05, 4.69) is 10.3 Å². The lowest BCUT2D eigenvalue weighted by Gasteiger charge is -2.07. The van der Waals surface area contributed by atoms with Gasteiger partial charge in [-0.3, -0.25) is 10.1 Å². The van der Waals surface area contributed by atoms with Crippen LogP contribution in [0.2, 0.25) is 0 Å². The maximum atomic E-state index is 11.7. The average molecular weight is 316 g/mol. The number of nitrogens with one attached hydrogen (secondary N) is 1. The van der Waals surface area contributed by atoms with Crippen molar-refractivity contribution in [2.24, 2.45) is 0 Å². The van der Waals surface area contributed by atoms with Crippen molar-refractivity contribution in [3.63, 3.8) is 0 Å². The van der Waals surface area contributed by atoms with Crippen LogP contribution in [-0.4, -0.2) is 30.3 Å². The van der Waals surface area contributed by atoms with Gasteiger partial charge in [-0.05, 0) is 30.7 Å². The quantitative estimate of drug-likeness (QED) is 0.624. The Hall–Kier alpha value is -2.63. The Morgan fingerprint density at radius 3 is 2.48 bits per heavy atom. The van der Waals surface area contributed by atoms with Gasteiger partial charge in [-0.15, -0.1) is 0 Å². The lowest BCUT2D eigenvalue weighted by atomic mass is 10.2. The molecule has 0 aliphatic carbocycles. The first-order valence-electron chi connectivity index (χ1n) is 7.57. The van der Waals surface area contributed by atoms with Crippen molar-refractivity contribution in [2.75, 3.05) is 18.5 Å². The molecule has 0 fully saturated rings. The highest BCUT2D eigenvalue weighted by Crippen LogP contribution is 2.16. The molecule has 0 saturated carbocycles. The summed E-state index contributed by atoms with van der Waals surface area (Å²) < 4.78 is 9.90. The number of ether oxygens (including phenoxy) is 2. The molecule has 1 aromatic carbocycles. The Bertz CT molecular complexity index is 672. The van der Waals surface area contributed by atoms with Crippen molar-refractivity contribution in [1.82, 2.24) is 4.98 Å². The fourth-order valence-corrected chi connectivity index (χ4v) is 2.05. The third kappa shape index (κ3) is 5.94. The molecule has 2 aromatic rings. The lowest BCUT2D eigenvalue weighted by Crippen LogP contribution is -2.15. The van der Waals surface area contributed by atoms with Crippen molar-refractivity contribution in [3.05, 3.63) is 36.5 Å². The van der Waals surface area contributed by atoms with Crippen LogP contribution in [0.25, 0.3) is 10.8 Å². The zero-order chi connectivity index (χ0) is 16.5. The molecule has 1 heterocycles. The van der Waals surface area contributed by atoms with Gasteiger partial charge in [-0.1, -0.05) is 24.3 Å². The maximum absolute atomic E-state index is 11.7. The summed E-state index contributed by atoms with van der Waals surface area (Å²) in [6.07, 6.45) is 3.50. The first-order valence-corrected chi connectivity index (χ1v) is 7.57. The summed E-state index contributed by atoms with van der Waals surface area (Å²) in [5, 5.41) is 4.63. The zero-order valence-corrected chi connectivity index (χ0v) is 13.1. The number of benzene rings is 1. The summed E-state index contributed by atoms with van der Waals surface area (Å²) in [7, 11) is 0. The van der Waals surface area contributed by atoms with Crippen LogP contribution in [0.3, 0.4) is 0 Å². The van der Waals surface area contributed by atoms with E-state index < -0.39 is 6.09 Å². The topological polar surface area (TPSA) is 77.5 Å². The molecule has 1 aromatic heterocycles. The van der Waals surface area contributed by atoms with Crippen molar-refractivity contribution >= 4 is 28.7 Å². The van der Waals surface area contributed by atoms with Gasteiger partial charge in [0.05, 0.1) is 13.2 Å². The van der Waals surface area contributed by atoms with Crippen LogP contribution < -0.4 is 5.32 Å². The summed E-state index contributed by atoms with van der Waals surface area (Å²) >= 11 is 0. The van der Waals surface area contributed by atoms with Gasteiger partial charge in [0.2, 0.25) is 0 Å². The number of pyridine rings is 1. The van der Waals surface area contributed by atoms with Gasteiger partial charge in [-0.25, -0.2) is 9.78 Å². The van der Waals surface area contributed by atoms with Crippen LogP contribution in [0.15, 0.2) is 36.5 Å². The van der Waals surface area contributed by atoms with Gasteiger partial charge in [0.25, 0.3) is 0 Å². The van der Waals surface area contributed by atoms with Crippen LogP contribution in [0.4, 0.5) is 10.6 Å². The smallest absolute Gasteiger partial charge is 0.412 e. The number of fused-ring (bicyclic) bond motifs is 1. The monoisotopic (exact) mass is 316 g/mol. The second-order valence-corrected chi connectivity index (χ2v) is 5.08. The van der Waals surface area contributed by atoms with Crippen molar-refractivity contribution in [2.45, 2.75) is 26.2 Å². The van der Waals surface area contributed by atoms with Gasteiger partial charge < -0.3 is 9.47 Å². The number of amides is 1. The molecule has 0 radical (unpaired) electrons. The van der Waals surface area contributed by atoms with Crippen molar-refractivity contribution < 1.29 is 19.1 Å². The van der Waals surface area contributed by atoms with Gasteiger partial charge >= 0.3 is 12.1 Å². The average Bonchev–Trinajstić information content (AvgIpc) is 2.53. The molecule has 23 heavy (non-hydrogen) atoms. The lowest BCUT2D eigenvalue weighted by molar-refractivity contribution is -0.141. The zero-order valence-electron chi connectivity index (χ0n) is 13.1. The van der Waals surface area contributed by atoms with Crippen molar-refractivity contribution in [1.29, 1.82) is 0 Å². The van der Waals surface area contributed by atoms with Crippen molar-refractivity contribution in [3.8, 4) is 0 Å². The minimum atomic E-state index is -0.521. The van der Waals surface area contributed by atoms with E-state index in [-0.39, 0.29) is 5.97 Å². The fraction of sp³-hybridized carbons (Fsp3) is 0.353. The number of rotatable bonds is 7. The van der Waals surface area contributed by atoms with Crippen LogP contribution in [-0.2, 0) is 14.3 Å². The van der Waals surface area contributed by atoms with E-state index in [4.69, 9.17) is 9.47 Å². The number of hydrogen-bond acceptors (Lipinski definition) is 5. The Labute approximate surface area is 134 Å². The van der Waals surface area contributed by atoms with E-state index in [1.807, 2.05) is 24.3 Å². The Kier molecular flexibility index (Phi) is 6.35. The normalized spacial score (nSPS) is 10.3. The Morgan fingerprint density at radius 1 is 1.04 bits per heavy atom. The molecule has 6 nitrogen and oxygen atoms in total. The molecule has 0 spiro atoms. The molecule has 2 rings (SSSR count). The standard InChI is InChI=1S/C17H20N2O4/c1-13(20)22-9-5-2-6-10-23-17(21)19-16-11-14-7-3-4-8-15(14)12-18-16/h3-4,7-8,11-12H,2,5-6,9-10H2,1H3,(H,18,19,21). The predicted octanol–water partition coefficient (Wildman–Crippen LogP) is 3.52. The largest absolute Gasteiger partial charge is 0.466 e. The molecule has 0 aliphatic rings. The molecule has 122 valence electrons. The SMILES string of the molecule is CC(=O)OCCCCCOC(=O)Nc1cc2ccccc2cn1. The molecule has 0 unspecified atom stereocenters. The number of carbonyl (C=O) groups excluding carboxylic acids is 2. The van der Waals surface area contributed by atoms with E-state index in [9.17, 15) is 9.59 Å². The highest BCUT2D eigenvalue weighted by Gasteiger charge is 2.05. The van der Waals surface area contributed by atoms with Crippen LogP contribution in [0.1, 0.15) is 26.2 Å². The highest BCUT2D eigenvalue weighted by molar-refractivity contribution is 5.89. The van der Waals surface area contributed by atoms with Crippen LogP contribution >= 0.6 is 0 Å². The summed E-state index contributed by atoms with van der Waals surface area (Å²) in [6, 6.07) is 9.58. The van der Waals surface area contributed by atoms with Gasteiger partial charge in [0.1, 0.15) is 5.82 Å². The summed E-state index contributed by atoms with van der Waals surface area (Å²) in [5.41, 5.74) is 0. The van der Waals surface area contributed by atoms with E-state index >= 15 is 0 Å². The second kappa shape index (κ2) is 8.73. The summed E-state index contributed by atoms with van der Waals surface area (Å²) in [4.78, 5) is 26.4. The number of carbonyl (C=O) groups is 2. The molecule has 1 amide bonds. The molecule has 0 saturated heterocycles. The molecular formula is C17H20N2O4. The molecule has 0 bridgehead atoms. The highest BCUT2D eigenvalue weighted by atomic mass is 16.5. The minimum absolute atomic E-state index is 0.275. The molecule has 1 N–H and O–H groups in total. The second-order valence-electron chi connectivity index (χ2n) is 5.08. The molecular weight excluding hydrogens is 296 g/mol. The number of nitrogens with zero attached hydrogens (tertiary/aromatic N) is 1. The van der Waals surface area contributed by atoms with E-state index in [0.29, 0.717) is 19.0 Å². The molecule has 0 atom stereocenters. The molecule has 6 heteroatoms. The van der Waals surface area contributed by atoms with Gasteiger partial charge in [0.15, 0.2) is 0 Å². The Morgan fingerprint density at radius 2 is 1.74 bits per heavy atom. The number of aromatic nitrogens is 1. The number of hydrogen-bond donors (Lipinski definition) is 1. The van der Waals surface area contributed by atoms with Crippen LogP contribution in [0.5, 0.6) is 0 Å². The number of esters is 1. The van der Waals surface area contributed by atoms with E-state index in [1.54, 1.807) is 12.3 Å². The third-order valence-corrected chi connectivity index (χ3v) is 3.19. The number of anilines is 1. The summed E-state index contributed by atoms with van der Waals surface area (Å²) in [5.74, 6) is 0.187. The molecule has 0 aliphatic heterocycles.